The number of rotatable bonds is 3. The van der Waals surface area contributed by atoms with Gasteiger partial charge < -0.3 is 5.11 Å². The molecule has 0 amide bonds. The molecule has 1 aromatic heterocycles. The van der Waals surface area contributed by atoms with Gasteiger partial charge in [-0.2, -0.15) is 0 Å². The lowest BCUT2D eigenvalue weighted by atomic mass is 10.1. The van der Waals surface area contributed by atoms with E-state index in [1.165, 1.54) is 18.3 Å². The number of aryl methyl sites for hydroxylation is 1. The van der Waals surface area contributed by atoms with Crippen LogP contribution in [0.4, 0.5) is 4.39 Å². The van der Waals surface area contributed by atoms with Gasteiger partial charge in [-0.3, -0.25) is 0 Å². The number of halogens is 2. The number of hydrogen-bond acceptors (Lipinski definition) is 3. The first-order chi connectivity index (χ1) is 8.97. The molecule has 2 aromatic rings. The van der Waals surface area contributed by atoms with E-state index in [-0.39, 0.29) is 15.6 Å². The second-order valence-corrected chi connectivity index (χ2v) is 5.32. The maximum absolute atomic E-state index is 13.6. The molecule has 0 aliphatic rings. The summed E-state index contributed by atoms with van der Waals surface area (Å²) in [6, 6.07) is 6.07. The normalized spacial score (nSPS) is 10.5. The fraction of sp³-hybridized carbons (Fsp3) is 0.0769. The fourth-order valence-electron chi connectivity index (χ4n) is 1.48. The van der Waals surface area contributed by atoms with Crippen LogP contribution in [0.2, 0.25) is 5.02 Å². The third kappa shape index (κ3) is 3.24. The van der Waals surface area contributed by atoms with E-state index in [0.717, 1.165) is 11.8 Å². The Balaban J connectivity index is 2.33. The minimum absolute atomic E-state index is 0.157. The molecule has 6 heteroatoms. The van der Waals surface area contributed by atoms with E-state index in [4.69, 9.17) is 16.7 Å². The Morgan fingerprint density at radius 3 is 2.79 bits per heavy atom. The van der Waals surface area contributed by atoms with Gasteiger partial charge in [0.05, 0.1) is 10.6 Å². The standard InChI is InChI=1S/C13H9ClFNO2S/c1-7-2-3-9(5-10(7)13(17)18)19-12-11(15)4-8(14)6-16-12/h2-6H,1H3,(H,17,18). The van der Waals surface area contributed by atoms with Crippen molar-refractivity contribution < 1.29 is 14.3 Å². The van der Waals surface area contributed by atoms with E-state index in [1.807, 2.05) is 0 Å². The van der Waals surface area contributed by atoms with Gasteiger partial charge in [0.25, 0.3) is 0 Å². The van der Waals surface area contributed by atoms with Crippen LogP contribution in [-0.2, 0) is 0 Å². The lowest BCUT2D eigenvalue weighted by molar-refractivity contribution is 0.0696. The van der Waals surface area contributed by atoms with Gasteiger partial charge in [-0.25, -0.2) is 14.2 Å². The Morgan fingerprint density at radius 2 is 2.16 bits per heavy atom. The van der Waals surface area contributed by atoms with E-state index in [0.29, 0.717) is 10.5 Å². The summed E-state index contributed by atoms with van der Waals surface area (Å²) in [5.74, 6) is -1.54. The van der Waals surface area contributed by atoms with Crippen molar-refractivity contribution in [3.63, 3.8) is 0 Å². The smallest absolute Gasteiger partial charge is 0.335 e. The first-order valence-electron chi connectivity index (χ1n) is 5.30. The number of nitrogens with zero attached hydrogens (tertiary/aromatic N) is 1. The summed E-state index contributed by atoms with van der Waals surface area (Å²) in [7, 11) is 0. The van der Waals surface area contributed by atoms with Gasteiger partial charge in [-0.1, -0.05) is 29.4 Å². The van der Waals surface area contributed by atoms with Crippen molar-refractivity contribution in [2.75, 3.05) is 0 Å². The summed E-state index contributed by atoms with van der Waals surface area (Å²) in [5.41, 5.74) is 0.848. The highest BCUT2D eigenvalue weighted by Gasteiger charge is 2.11. The highest BCUT2D eigenvalue weighted by Crippen LogP contribution is 2.30. The number of aromatic carboxylic acids is 1. The maximum atomic E-state index is 13.6. The Bertz CT molecular complexity index is 649. The van der Waals surface area contributed by atoms with Gasteiger partial charge >= 0.3 is 5.97 Å². The summed E-state index contributed by atoms with van der Waals surface area (Å²) in [4.78, 5) is 15.5. The Kier molecular flexibility index (Phi) is 4.07. The van der Waals surface area contributed by atoms with Crippen molar-refractivity contribution in [1.29, 1.82) is 0 Å². The molecule has 19 heavy (non-hydrogen) atoms. The zero-order valence-electron chi connectivity index (χ0n) is 9.85. The van der Waals surface area contributed by atoms with Crippen molar-refractivity contribution in [3.05, 3.63) is 52.4 Å². The van der Waals surface area contributed by atoms with Gasteiger partial charge in [0.1, 0.15) is 5.03 Å². The van der Waals surface area contributed by atoms with Crippen LogP contribution in [0.5, 0.6) is 0 Å². The second-order valence-electron chi connectivity index (χ2n) is 3.82. The van der Waals surface area contributed by atoms with Gasteiger partial charge in [0, 0.05) is 11.1 Å². The van der Waals surface area contributed by atoms with Crippen molar-refractivity contribution in [2.45, 2.75) is 16.8 Å². The average Bonchev–Trinajstić information content (AvgIpc) is 2.34. The summed E-state index contributed by atoms with van der Waals surface area (Å²) < 4.78 is 13.6. The van der Waals surface area contributed by atoms with Gasteiger partial charge in [0.2, 0.25) is 0 Å². The molecular weight excluding hydrogens is 289 g/mol. The molecule has 1 N–H and O–H groups in total. The summed E-state index contributed by atoms with van der Waals surface area (Å²) in [6.07, 6.45) is 1.35. The third-order valence-electron chi connectivity index (χ3n) is 2.43. The summed E-state index contributed by atoms with van der Waals surface area (Å²) in [6.45, 7) is 1.71. The van der Waals surface area contributed by atoms with Gasteiger partial charge in [0.15, 0.2) is 5.82 Å². The van der Waals surface area contributed by atoms with E-state index >= 15 is 0 Å². The zero-order valence-corrected chi connectivity index (χ0v) is 11.4. The highest BCUT2D eigenvalue weighted by atomic mass is 35.5. The molecule has 0 bridgehead atoms. The van der Waals surface area contributed by atoms with E-state index in [1.54, 1.807) is 19.1 Å². The number of carboxylic acid groups (broad SMARTS) is 1. The summed E-state index contributed by atoms with van der Waals surface area (Å²) in [5, 5.41) is 9.41. The number of benzene rings is 1. The Hall–Kier alpha value is -1.59. The van der Waals surface area contributed by atoms with Crippen molar-refractivity contribution >= 4 is 29.3 Å². The topological polar surface area (TPSA) is 50.2 Å². The molecule has 0 saturated carbocycles. The predicted octanol–water partition coefficient (Wildman–Crippen LogP) is 4.03. The number of aromatic nitrogens is 1. The molecule has 1 heterocycles. The number of carboxylic acids is 1. The largest absolute Gasteiger partial charge is 0.478 e. The molecular formula is C13H9ClFNO2S. The van der Waals surface area contributed by atoms with Crippen LogP contribution in [0.3, 0.4) is 0 Å². The molecule has 0 unspecified atom stereocenters. The average molecular weight is 298 g/mol. The van der Waals surface area contributed by atoms with Crippen molar-refractivity contribution in [1.82, 2.24) is 4.98 Å². The number of carbonyl (C=O) groups is 1. The molecule has 0 aliphatic heterocycles. The van der Waals surface area contributed by atoms with Crippen LogP contribution in [0.1, 0.15) is 15.9 Å². The van der Waals surface area contributed by atoms with Gasteiger partial charge in [-0.05, 0) is 30.7 Å². The molecule has 0 radical (unpaired) electrons. The Morgan fingerprint density at radius 1 is 1.42 bits per heavy atom. The number of pyridine rings is 1. The second kappa shape index (κ2) is 5.59. The molecule has 0 atom stereocenters. The lowest BCUT2D eigenvalue weighted by Crippen LogP contribution is -1.99. The number of hydrogen-bond donors (Lipinski definition) is 1. The minimum atomic E-state index is -1.01. The molecule has 3 nitrogen and oxygen atoms in total. The van der Waals surface area contributed by atoms with Gasteiger partial charge in [-0.15, -0.1) is 0 Å². The molecule has 0 aliphatic carbocycles. The van der Waals surface area contributed by atoms with E-state index in [2.05, 4.69) is 4.98 Å². The molecule has 2 rings (SSSR count). The first kappa shape index (κ1) is 13.8. The van der Waals surface area contributed by atoms with Crippen molar-refractivity contribution in [3.8, 4) is 0 Å². The van der Waals surface area contributed by atoms with Crippen LogP contribution < -0.4 is 0 Å². The first-order valence-corrected chi connectivity index (χ1v) is 6.49. The molecule has 0 saturated heterocycles. The third-order valence-corrected chi connectivity index (χ3v) is 3.62. The van der Waals surface area contributed by atoms with E-state index in [9.17, 15) is 9.18 Å². The molecule has 0 fully saturated rings. The van der Waals surface area contributed by atoms with Crippen LogP contribution in [0.25, 0.3) is 0 Å². The molecule has 1 aromatic carbocycles. The molecule has 0 spiro atoms. The Labute approximate surface area is 118 Å². The zero-order chi connectivity index (χ0) is 14.0. The SMILES string of the molecule is Cc1ccc(Sc2ncc(Cl)cc2F)cc1C(=O)O. The predicted molar refractivity (Wildman–Crippen MR) is 71.5 cm³/mol. The van der Waals surface area contributed by atoms with Crippen LogP contribution in [-0.4, -0.2) is 16.1 Å². The van der Waals surface area contributed by atoms with Crippen LogP contribution in [0, 0.1) is 12.7 Å². The van der Waals surface area contributed by atoms with Crippen LogP contribution >= 0.6 is 23.4 Å². The summed E-state index contributed by atoms with van der Waals surface area (Å²) >= 11 is 6.67. The quantitative estimate of drug-likeness (QED) is 0.929. The van der Waals surface area contributed by atoms with Crippen molar-refractivity contribution in [2.24, 2.45) is 0 Å². The van der Waals surface area contributed by atoms with Crippen LogP contribution in [0.15, 0.2) is 40.4 Å². The molecule has 98 valence electrons. The lowest BCUT2D eigenvalue weighted by Gasteiger charge is -2.05. The minimum Gasteiger partial charge on any atom is -0.478 e. The maximum Gasteiger partial charge on any atom is 0.335 e. The monoisotopic (exact) mass is 297 g/mol. The van der Waals surface area contributed by atoms with E-state index < -0.39 is 11.8 Å². The highest BCUT2D eigenvalue weighted by molar-refractivity contribution is 7.99. The fourth-order valence-corrected chi connectivity index (χ4v) is 2.43.